The van der Waals surface area contributed by atoms with Crippen molar-refractivity contribution in [3.63, 3.8) is 0 Å². The van der Waals surface area contributed by atoms with Gasteiger partial charge in [-0.25, -0.2) is 0 Å². The monoisotopic (exact) mass is 530 g/mol. The van der Waals surface area contributed by atoms with Crippen LogP contribution >= 0.6 is 8.60 Å². The lowest BCUT2D eigenvalue weighted by atomic mass is 9.79. The smallest absolute Gasteiger partial charge is 0.417 e. The van der Waals surface area contributed by atoms with Crippen molar-refractivity contribution in [1.82, 2.24) is 0 Å². The molecule has 0 heterocycles. The second-order valence-electron chi connectivity index (χ2n) is 14.0. The molecule has 0 amide bonds. The van der Waals surface area contributed by atoms with Gasteiger partial charge in [0.15, 0.2) is 0 Å². The Kier molecular flexibility index (Phi) is 9.57. The number of rotatable bonds is 7. The maximum absolute atomic E-state index is 6.58. The summed E-state index contributed by atoms with van der Waals surface area (Å²) in [4.78, 5) is 0. The normalized spacial score (nSPS) is 13.3. The third-order valence-electron chi connectivity index (χ3n) is 6.60. The second kappa shape index (κ2) is 11.2. The Morgan fingerprint density at radius 2 is 0.892 bits per heavy atom. The molecule has 0 spiro atoms. The molecule has 5 nitrogen and oxygen atoms in total. The fourth-order valence-corrected chi connectivity index (χ4v) is 5.03. The predicted molar refractivity (Wildman–Crippen MR) is 159 cm³/mol. The van der Waals surface area contributed by atoms with Crippen LogP contribution in [0, 0.1) is 0 Å². The van der Waals surface area contributed by atoms with E-state index in [-0.39, 0.29) is 21.7 Å². The van der Waals surface area contributed by atoms with E-state index in [1.807, 2.05) is 0 Å². The zero-order chi connectivity index (χ0) is 28.6. The van der Waals surface area contributed by atoms with Crippen LogP contribution in [0.4, 0.5) is 0 Å². The average Bonchev–Trinajstić information content (AvgIpc) is 2.75. The molecule has 0 saturated heterocycles. The highest BCUT2D eigenvalue weighted by atomic mass is 31.2. The standard InChI is InChI=1S/C31H51N2O3P/c1-28(2,3)22-14-20(18-32)26(24(16-22)30(7,8)9)35-37(34-13)36-27-21(19-33)15-23(29(4,5)6)17-25(27)31(10,11)12/h14-17H,18-19,32-33H2,1-13H3. The molecule has 0 aliphatic heterocycles. The van der Waals surface area contributed by atoms with E-state index >= 15 is 0 Å². The minimum absolute atomic E-state index is 0.0165. The molecular formula is C31H51N2O3P. The van der Waals surface area contributed by atoms with Crippen molar-refractivity contribution >= 4 is 8.60 Å². The van der Waals surface area contributed by atoms with Crippen LogP contribution in [0.3, 0.4) is 0 Å². The highest BCUT2D eigenvalue weighted by Crippen LogP contribution is 2.50. The van der Waals surface area contributed by atoms with Crippen LogP contribution in [0.25, 0.3) is 0 Å². The largest absolute Gasteiger partial charge is 0.462 e. The number of hydrogen-bond donors (Lipinski definition) is 2. The van der Waals surface area contributed by atoms with Crippen LogP contribution in [0.2, 0.25) is 0 Å². The molecule has 0 radical (unpaired) electrons. The van der Waals surface area contributed by atoms with Gasteiger partial charge < -0.3 is 20.5 Å². The van der Waals surface area contributed by atoms with Crippen molar-refractivity contribution in [3.8, 4) is 11.5 Å². The molecule has 2 aromatic carbocycles. The third kappa shape index (κ3) is 7.69. The first-order chi connectivity index (χ1) is 16.7. The SMILES string of the molecule is COP(Oc1c(CN)cc(C(C)(C)C)cc1C(C)(C)C)Oc1c(CN)cc(C(C)(C)C)cc1C(C)(C)C. The van der Waals surface area contributed by atoms with Crippen LogP contribution < -0.4 is 20.5 Å². The lowest BCUT2D eigenvalue weighted by Gasteiger charge is -2.31. The van der Waals surface area contributed by atoms with Crippen LogP contribution in [-0.2, 0) is 39.3 Å². The van der Waals surface area contributed by atoms with E-state index in [2.05, 4.69) is 107 Å². The Hall–Kier alpha value is -1.65. The number of hydrogen-bond acceptors (Lipinski definition) is 5. The Labute approximate surface area is 227 Å². The summed E-state index contributed by atoms with van der Waals surface area (Å²) < 4.78 is 19.0. The van der Waals surface area contributed by atoms with E-state index in [9.17, 15) is 0 Å². The van der Waals surface area contributed by atoms with Crippen LogP contribution in [0.1, 0.15) is 116 Å². The predicted octanol–water partition coefficient (Wildman–Crippen LogP) is 8.13. The van der Waals surface area contributed by atoms with Crippen molar-refractivity contribution in [2.75, 3.05) is 7.11 Å². The van der Waals surface area contributed by atoms with Gasteiger partial charge >= 0.3 is 8.60 Å². The molecule has 6 heteroatoms. The highest BCUT2D eigenvalue weighted by Gasteiger charge is 2.31. The Morgan fingerprint density at radius 3 is 1.11 bits per heavy atom. The van der Waals surface area contributed by atoms with Crippen molar-refractivity contribution < 1.29 is 13.6 Å². The topological polar surface area (TPSA) is 79.7 Å². The summed E-state index contributed by atoms with van der Waals surface area (Å²) in [5.41, 5.74) is 18.7. The van der Waals surface area contributed by atoms with Crippen LogP contribution in [0.15, 0.2) is 24.3 Å². The summed E-state index contributed by atoms with van der Waals surface area (Å²) in [6.45, 7) is 27.1. The molecule has 0 aliphatic carbocycles. The van der Waals surface area contributed by atoms with Gasteiger partial charge in [0.2, 0.25) is 0 Å². The summed E-state index contributed by atoms with van der Waals surface area (Å²) >= 11 is 0. The Bertz CT molecular complexity index is 999. The van der Waals surface area contributed by atoms with Gasteiger partial charge in [-0.3, -0.25) is 4.52 Å². The molecule has 0 atom stereocenters. The lowest BCUT2D eigenvalue weighted by Crippen LogP contribution is -2.21. The minimum Gasteiger partial charge on any atom is -0.417 e. The van der Waals surface area contributed by atoms with E-state index in [0.717, 1.165) is 33.8 Å². The molecule has 0 fully saturated rings. The fraction of sp³-hybridized carbons (Fsp3) is 0.613. The lowest BCUT2D eigenvalue weighted by molar-refractivity contribution is 0.315. The molecule has 0 saturated carbocycles. The van der Waals surface area contributed by atoms with Gasteiger partial charge in [-0.1, -0.05) is 107 Å². The van der Waals surface area contributed by atoms with Crippen molar-refractivity contribution in [2.24, 2.45) is 11.5 Å². The van der Waals surface area contributed by atoms with Gasteiger partial charge in [-0.2, -0.15) is 0 Å². The zero-order valence-electron chi connectivity index (χ0n) is 25.6. The zero-order valence-corrected chi connectivity index (χ0v) is 26.4. The van der Waals surface area contributed by atoms with Gasteiger partial charge in [0, 0.05) is 42.5 Å². The second-order valence-corrected chi connectivity index (χ2v) is 15.2. The first-order valence-corrected chi connectivity index (χ1v) is 14.3. The van der Waals surface area contributed by atoms with E-state index in [4.69, 9.17) is 25.0 Å². The van der Waals surface area contributed by atoms with Crippen molar-refractivity contribution in [1.29, 1.82) is 0 Å². The summed E-state index contributed by atoms with van der Waals surface area (Å²) in [5, 5.41) is 0. The summed E-state index contributed by atoms with van der Waals surface area (Å²) in [7, 11) is -0.147. The molecule has 37 heavy (non-hydrogen) atoms. The Morgan fingerprint density at radius 1 is 0.568 bits per heavy atom. The molecule has 0 aliphatic rings. The molecule has 2 aromatic rings. The number of nitrogens with two attached hydrogens (primary N) is 2. The molecule has 0 bridgehead atoms. The van der Waals surface area contributed by atoms with E-state index in [1.54, 1.807) is 7.11 Å². The van der Waals surface area contributed by atoms with Gasteiger partial charge in [0.25, 0.3) is 0 Å². The van der Waals surface area contributed by atoms with Gasteiger partial charge in [-0.15, -0.1) is 0 Å². The van der Waals surface area contributed by atoms with Crippen LogP contribution in [-0.4, -0.2) is 7.11 Å². The molecular weight excluding hydrogens is 479 g/mol. The highest BCUT2D eigenvalue weighted by molar-refractivity contribution is 7.42. The average molecular weight is 531 g/mol. The third-order valence-corrected chi connectivity index (χ3v) is 7.56. The molecule has 0 aromatic heterocycles. The van der Waals surface area contributed by atoms with Gasteiger partial charge in [0.05, 0.1) is 0 Å². The van der Waals surface area contributed by atoms with Gasteiger partial charge in [-0.05, 0) is 32.8 Å². The summed E-state index contributed by atoms with van der Waals surface area (Å²) in [5.74, 6) is 1.49. The first-order valence-electron chi connectivity index (χ1n) is 13.2. The Balaban J connectivity index is 2.67. The maximum atomic E-state index is 6.58. The number of benzene rings is 2. The van der Waals surface area contributed by atoms with Gasteiger partial charge in [0.1, 0.15) is 11.5 Å². The molecule has 0 unspecified atom stereocenters. The summed E-state index contributed by atoms with van der Waals surface area (Å²) in [6, 6.07) is 8.78. The first kappa shape index (κ1) is 31.6. The van der Waals surface area contributed by atoms with E-state index in [1.165, 1.54) is 11.1 Å². The molecule has 4 N–H and O–H groups in total. The van der Waals surface area contributed by atoms with Crippen molar-refractivity contribution in [3.05, 3.63) is 57.6 Å². The van der Waals surface area contributed by atoms with Crippen molar-refractivity contribution in [2.45, 2.75) is 118 Å². The summed E-state index contributed by atoms with van der Waals surface area (Å²) in [6.07, 6.45) is 0. The molecule has 208 valence electrons. The minimum atomic E-state index is -1.77. The van der Waals surface area contributed by atoms with Crippen LogP contribution in [0.5, 0.6) is 11.5 Å². The van der Waals surface area contributed by atoms with E-state index in [0.29, 0.717) is 13.1 Å². The van der Waals surface area contributed by atoms with E-state index < -0.39 is 8.60 Å². The quantitative estimate of drug-likeness (QED) is 0.353. The maximum Gasteiger partial charge on any atom is 0.462 e. The molecule has 2 rings (SSSR count). The fourth-order valence-electron chi connectivity index (χ4n) is 4.12.